The number of hydrogen-bond acceptors (Lipinski definition) is 3. The molecule has 15 heavy (non-hydrogen) atoms. The third-order valence-electron chi connectivity index (χ3n) is 2.86. The summed E-state index contributed by atoms with van der Waals surface area (Å²) in [6.07, 6.45) is 6.69. The Morgan fingerprint density at radius 3 is 2.33 bits per heavy atom. The van der Waals surface area contributed by atoms with Gasteiger partial charge in [0.2, 0.25) is 0 Å². The molecule has 86 valence electrons. The van der Waals surface area contributed by atoms with Crippen molar-refractivity contribution in [2.24, 2.45) is 5.29 Å². The van der Waals surface area contributed by atoms with Crippen molar-refractivity contribution in [3.63, 3.8) is 0 Å². The summed E-state index contributed by atoms with van der Waals surface area (Å²) in [6.45, 7) is 0.473. The molecule has 1 unspecified atom stereocenters. The molecule has 1 aliphatic heterocycles. The molecular weight excluding hydrogens is 196 g/mol. The second-order valence-corrected chi connectivity index (χ2v) is 4.01. The molecule has 5 heteroatoms. The van der Waals surface area contributed by atoms with E-state index in [4.69, 9.17) is 5.11 Å². The van der Waals surface area contributed by atoms with Gasteiger partial charge < -0.3 is 5.11 Å². The molecule has 0 saturated carbocycles. The van der Waals surface area contributed by atoms with Crippen molar-refractivity contribution in [2.75, 3.05) is 6.54 Å². The molecular formula is C10H18N2O3. The summed E-state index contributed by atoms with van der Waals surface area (Å²) in [5, 5.41) is 13.0. The monoisotopic (exact) mass is 214 g/mol. The Hall–Kier alpha value is -1.13. The highest BCUT2D eigenvalue weighted by Gasteiger charge is 2.25. The lowest BCUT2D eigenvalue weighted by atomic mass is 10.0. The SMILES string of the molecule is O=NN1CCCCCCCCC1C(=O)O. The van der Waals surface area contributed by atoms with Crippen LogP contribution in [0.3, 0.4) is 0 Å². The Morgan fingerprint density at radius 2 is 1.73 bits per heavy atom. The average Bonchev–Trinajstić information content (AvgIpc) is 2.24. The van der Waals surface area contributed by atoms with E-state index in [9.17, 15) is 9.70 Å². The minimum Gasteiger partial charge on any atom is -0.480 e. The van der Waals surface area contributed by atoms with Crippen LogP contribution in [0.2, 0.25) is 0 Å². The minimum atomic E-state index is -0.935. The molecule has 0 aliphatic carbocycles. The highest BCUT2D eigenvalue weighted by atomic mass is 16.4. The molecule has 0 spiro atoms. The van der Waals surface area contributed by atoms with Gasteiger partial charge in [-0.1, -0.05) is 32.1 Å². The van der Waals surface area contributed by atoms with E-state index in [2.05, 4.69) is 5.29 Å². The first-order chi connectivity index (χ1) is 7.25. The first-order valence-corrected chi connectivity index (χ1v) is 5.58. The van der Waals surface area contributed by atoms with E-state index in [1.54, 1.807) is 0 Å². The maximum atomic E-state index is 10.9. The number of carbonyl (C=O) groups is 1. The molecule has 0 aromatic heterocycles. The lowest BCUT2D eigenvalue weighted by molar-refractivity contribution is -0.143. The first kappa shape index (κ1) is 11.9. The van der Waals surface area contributed by atoms with Crippen LogP contribution in [0.15, 0.2) is 5.29 Å². The maximum Gasteiger partial charge on any atom is 0.328 e. The van der Waals surface area contributed by atoms with Crippen LogP contribution < -0.4 is 0 Å². The molecule has 0 aromatic carbocycles. The number of nitroso groups, excluding NO2 is 1. The summed E-state index contributed by atoms with van der Waals surface area (Å²) in [6, 6.07) is -0.722. The predicted molar refractivity (Wildman–Crippen MR) is 56.2 cm³/mol. The number of carboxylic acid groups (broad SMARTS) is 1. The fourth-order valence-corrected chi connectivity index (χ4v) is 1.97. The lowest BCUT2D eigenvalue weighted by Gasteiger charge is -2.23. The van der Waals surface area contributed by atoms with E-state index in [0.29, 0.717) is 13.0 Å². The zero-order chi connectivity index (χ0) is 11.1. The van der Waals surface area contributed by atoms with Gasteiger partial charge >= 0.3 is 5.97 Å². The van der Waals surface area contributed by atoms with Gasteiger partial charge in [-0.15, -0.1) is 4.91 Å². The van der Waals surface area contributed by atoms with Gasteiger partial charge in [-0.25, -0.2) is 9.80 Å². The van der Waals surface area contributed by atoms with Gasteiger partial charge in [0.25, 0.3) is 0 Å². The van der Waals surface area contributed by atoms with Crippen LogP contribution in [0.1, 0.15) is 44.9 Å². The van der Waals surface area contributed by atoms with Crippen molar-refractivity contribution < 1.29 is 9.90 Å². The summed E-state index contributed by atoms with van der Waals surface area (Å²) >= 11 is 0. The van der Waals surface area contributed by atoms with Gasteiger partial charge in [-0.2, -0.15) is 0 Å². The summed E-state index contributed by atoms with van der Waals surface area (Å²) in [5.41, 5.74) is 0. The molecule has 0 bridgehead atoms. The highest BCUT2D eigenvalue weighted by molar-refractivity contribution is 5.73. The van der Waals surface area contributed by atoms with Crippen LogP contribution in [-0.2, 0) is 4.79 Å². The van der Waals surface area contributed by atoms with Gasteiger partial charge in [0.15, 0.2) is 0 Å². The Bertz CT molecular complexity index is 221. The molecule has 5 nitrogen and oxygen atoms in total. The number of carboxylic acids is 1. The second-order valence-electron chi connectivity index (χ2n) is 4.01. The minimum absolute atomic E-state index is 0.473. The van der Waals surface area contributed by atoms with Crippen LogP contribution in [0.4, 0.5) is 0 Å². The predicted octanol–water partition coefficient (Wildman–Crippen LogP) is 2.17. The molecule has 1 heterocycles. The van der Waals surface area contributed by atoms with Crippen LogP contribution in [0.25, 0.3) is 0 Å². The summed E-state index contributed by atoms with van der Waals surface area (Å²) in [7, 11) is 0. The largest absolute Gasteiger partial charge is 0.480 e. The van der Waals surface area contributed by atoms with Gasteiger partial charge in [0, 0.05) is 6.54 Å². The third-order valence-corrected chi connectivity index (χ3v) is 2.86. The second kappa shape index (κ2) is 6.37. The zero-order valence-electron chi connectivity index (χ0n) is 8.89. The third kappa shape index (κ3) is 3.85. The first-order valence-electron chi connectivity index (χ1n) is 5.58. The molecule has 1 saturated heterocycles. The van der Waals surface area contributed by atoms with Crippen LogP contribution in [0.5, 0.6) is 0 Å². The molecule has 1 fully saturated rings. The van der Waals surface area contributed by atoms with E-state index in [1.165, 1.54) is 17.9 Å². The molecule has 0 radical (unpaired) electrons. The Kier molecular flexibility index (Phi) is 5.07. The fourth-order valence-electron chi connectivity index (χ4n) is 1.97. The average molecular weight is 214 g/mol. The lowest BCUT2D eigenvalue weighted by Crippen LogP contribution is -2.38. The van der Waals surface area contributed by atoms with Crippen molar-refractivity contribution in [2.45, 2.75) is 51.0 Å². The highest BCUT2D eigenvalue weighted by Crippen LogP contribution is 2.16. The van der Waals surface area contributed by atoms with Crippen LogP contribution in [0, 0.1) is 4.91 Å². The summed E-state index contributed by atoms with van der Waals surface area (Å²) < 4.78 is 0. The molecule has 1 atom stereocenters. The van der Waals surface area contributed by atoms with Gasteiger partial charge in [-0.05, 0) is 12.8 Å². The quantitative estimate of drug-likeness (QED) is 0.715. The molecule has 1 rings (SSSR count). The smallest absolute Gasteiger partial charge is 0.328 e. The van der Waals surface area contributed by atoms with Crippen molar-refractivity contribution in [1.82, 2.24) is 5.01 Å². The summed E-state index contributed by atoms with van der Waals surface area (Å²) in [4.78, 5) is 21.5. The van der Waals surface area contributed by atoms with E-state index in [1.807, 2.05) is 0 Å². The van der Waals surface area contributed by atoms with E-state index >= 15 is 0 Å². The van der Waals surface area contributed by atoms with Gasteiger partial charge in [0.05, 0.1) is 5.29 Å². The Balaban J connectivity index is 2.58. The number of hydrogen-bond donors (Lipinski definition) is 1. The van der Waals surface area contributed by atoms with Crippen LogP contribution >= 0.6 is 0 Å². The number of nitrogens with zero attached hydrogens (tertiary/aromatic N) is 2. The maximum absolute atomic E-state index is 10.9. The van der Waals surface area contributed by atoms with Crippen molar-refractivity contribution in [3.05, 3.63) is 4.91 Å². The topological polar surface area (TPSA) is 70.0 Å². The molecule has 1 N–H and O–H groups in total. The Labute approximate surface area is 89.4 Å². The van der Waals surface area contributed by atoms with Gasteiger partial charge in [-0.3, -0.25) is 0 Å². The summed E-state index contributed by atoms with van der Waals surface area (Å²) in [5.74, 6) is -0.935. The zero-order valence-corrected chi connectivity index (χ0v) is 8.89. The van der Waals surface area contributed by atoms with Crippen molar-refractivity contribution >= 4 is 5.97 Å². The van der Waals surface area contributed by atoms with Crippen molar-refractivity contribution in [3.8, 4) is 0 Å². The number of rotatable bonds is 2. The van der Waals surface area contributed by atoms with E-state index < -0.39 is 12.0 Å². The van der Waals surface area contributed by atoms with E-state index in [-0.39, 0.29) is 0 Å². The number of aliphatic carboxylic acids is 1. The van der Waals surface area contributed by atoms with Gasteiger partial charge in [0.1, 0.15) is 6.04 Å². The van der Waals surface area contributed by atoms with E-state index in [0.717, 1.165) is 25.7 Å². The molecule has 0 amide bonds. The van der Waals surface area contributed by atoms with Crippen LogP contribution in [-0.4, -0.2) is 28.7 Å². The Morgan fingerprint density at radius 1 is 1.13 bits per heavy atom. The van der Waals surface area contributed by atoms with Crippen molar-refractivity contribution in [1.29, 1.82) is 0 Å². The standard InChI is InChI=1S/C10H18N2O3/c13-10(14)9-7-5-3-1-2-4-6-8-12(9)11-15/h9H,1-8H2,(H,13,14). The molecule has 1 aliphatic rings. The molecule has 0 aromatic rings. The normalized spacial score (nSPS) is 24.5. The fraction of sp³-hybridized carbons (Fsp3) is 0.900.